The maximum atomic E-state index is 10.9. The largest absolute Gasteiger partial charge is 0.496 e. The molecule has 0 aliphatic heterocycles. The highest BCUT2D eigenvalue weighted by atomic mass is 79.9. The van der Waals surface area contributed by atoms with Gasteiger partial charge in [0.2, 0.25) is 6.08 Å². The molecule has 0 saturated heterocycles. The summed E-state index contributed by atoms with van der Waals surface area (Å²) in [5.74, 6) is 0.797. The van der Waals surface area contributed by atoms with E-state index in [1.807, 2.05) is 12.1 Å². The van der Waals surface area contributed by atoms with Gasteiger partial charge >= 0.3 is 0 Å². The van der Waals surface area contributed by atoms with Gasteiger partial charge in [-0.2, -0.15) is 4.99 Å². The lowest BCUT2D eigenvalue weighted by molar-refractivity contribution is 0.380. The Morgan fingerprint density at radius 1 is 1.19 bits per heavy atom. The number of hydrogen-bond acceptors (Lipinski definition) is 3. The number of benzene rings is 2. The van der Waals surface area contributed by atoms with E-state index in [2.05, 4.69) is 39.1 Å². The third kappa shape index (κ3) is 2.50. The third-order valence-corrected chi connectivity index (χ3v) is 4.81. The zero-order chi connectivity index (χ0) is 14.9. The first kappa shape index (κ1) is 14.3. The Kier molecular flexibility index (Phi) is 3.83. The van der Waals surface area contributed by atoms with Gasteiger partial charge in [-0.05, 0) is 47.9 Å². The number of rotatable bonds is 3. The number of fused-ring (bicyclic) bond motifs is 1. The highest BCUT2D eigenvalue weighted by Gasteiger charge is 2.38. The van der Waals surface area contributed by atoms with Crippen LogP contribution in [0.15, 0.2) is 39.8 Å². The van der Waals surface area contributed by atoms with Gasteiger partial charge in [0.1, 0.15) is 11.3 Å². The molecule has 0 spiro atoms. The first-order valence-corrected chi connectivity index (χ1v) is 7.85. The van der Waals surface area contributed by atoms with Crippen LogP contribution in [0.4, 0.5) is 0 Å². The Balaban J connectivity index is 2.26. The molecule has 0 atom stereocenters. The fourth-order valence-electron chi connectivity index (χ4n) is 3.27. The van der Waals surface area contributed by atoms with Crippen LogP contribution in [0.5, 0.6) is 5.75 Å². The predicted molar refractivity (Wildman–Crippen MR) is 86.5 cm³/mol. The minimum atomic E-state index is -0.469. The lowest BCUT2D eigenvalue weighted by Gasteiger charge is -2.25. The van der Waals surface area contributed by atoms with Crippen LogP contribution < -0.4 is 4.74 Å². The van der Waals surface area contributed by atoms with Crippen molar-refractivity contribution in [2.75, 3.05) is 7.11 Å². The number of halogens is 1. The Hall–Kier alpha value is -1.64. The maximum Gasteiger partial charge on any atom is 0.235 e. The summed E-state index contributed by atoms with van der Waals surface area (Å²) in [5.41, 5.74) is 0.528. The van der Waals surface area contributed by atoms with E-state index in [9.17, 15) is 4.79 Å². The van der Waals surface area contributed by atoms with Crippen molar-refractivity contribution in [3.05, 3.63) is 40.4 Å². The van der Waals surface area contributed by atoms with Crippen LogP contribution in [0.2, 0.25) is 0 Å². The van der Waals surface area contributed by atoms with Gasteiger partial charge in [-0.15, -0.1) is 0 Å². The first-order valence-electron chi connectivity index (χ1n) is 7.05. The molecule has 0 amide bonds. The molecule has 0 unspecified atom stereocenters. The number of aliphatic imine (C=N–C) groups is 1. The van der Waals surface area contributed by atoms with Crippen molar-refractivity contribution in [1.82, 2.24) is 0 Å². The van der Waals surface area contributed by atoms with Gasteiger partial charge in [0.15, 0.2) is 0 Å². The van der Waals surface area contributed by atoms with E-state index in [-0.39, 0.29) is 0 Å². The topological polar surface area (TPSA) is 38.7 Å². The molecule has 3 rings (SSSR count). The molecule has 2 aromatic rings. The molecule has 0 aromatic heterocycles. The lowest BCUT2D eigenvalue weighted by Crippen LogP contribution is -2.20. The predicted octanol–water partition coefficient (Wildman–Crippen LogP) is 4.72. The third-order valence-electron chi connectivity index (χ3n) is 4.31. The smallest absolute Gasteiger partial charge is 0.235 e. The molecule has 1 saturated carbocycles. The summed E-state index contributed by atoms with van der Waals surface area (Å²) >= 11 is 3.50. The molecular weight excluding hydrogens is 330 g/mol. The number of carbonyl (C=O) groups excluding carboxylic acids is 1. The normalized spacial score (nSPS) is 16.7. The molecule has 0 bridgehead atoms. The number of hydrogen-bond donors (Lipinski definition) is 0. The van der Waals surface area contributed by atoms with Crippen molar-refractivity contribution in [3.8, 4) is 5.75 Å². The quantitative estimate of drug-likeness (QED) is 0.596. The summed E-state index contributed by atoms with van der Waals surface area (Å²) in [7, 11) is 1.66. The fourth-order valence-corrected chi connectivity index (χ4v) is 3.65. The Bertz CT molecular complexity index is 729. The van der Waals surface area contributed by atoms with Gasteiger partial charge in [-0.3, -0.25) is 0 Å². The van der Waals surface area contributed by atoms with Gasteiger partial charge < -0.3 is 4.74 Å². The number of methoxy groups -OCH3 is 1. The number of isocyanates is 1. The Morgan fingerprint density at radius 3 is 2.62 bits per heavy atom. The second kappa shape index (κ2) is 5.63. The van der Waals surface area contributed by atoms with Crippen molar-refractivity contribution in [2.45, 2.75) is 31.2 Å². The standard InChI is InChI=1S/C17H16BrNO2/c1-21-16-10-12-4-5-14(18)8-13(12)9-15(16)17(19-11-20)6-2-3-7-17/h4-5,8-10H,2-3,6-7H2,1H3. The summed E-state index contributed by atoms with van der Waals surface area (Å²) in [5, 5.41) is 2.23. The molecule has 21 heavy (non-hydrogen) atoms. The van der Waals surface area contributed by atoms with Crippen LogP contribution in [0.1, 0.15) is 31.2 Å². The molecule has 1 aliphatic rings. The maximum absolute atomic E-state index is 10.9. The summed E-state index contributed by atoms with van der Waals surface area (Å²) in [4.78, 5) is 15.1. The van der Waals surface area contributed by atoms with Gasteiger partial charge in [0.25, 0.3) is 0 Å². The molecule has 1 fully saturated rings. The number of nitrogens with zero attached hydrogens (tertiary/aromatic N) is 1. The SMILES string of the molecule is COc1cc2ccc(Br)cc2cc1C1(N=C=O)CCCC1. The minimum Gasteiger partial charge on any atom is -0.496 e. The first-order chi connectivity index (χ1) is 10.2. The van der Waals surface area contributed by atoms with Crippen molar-refractivity contribution in [2.24, 2.45) is 4.99 Å². The van der Waals surface area contributed by atoms with Crippen LogP contribution in [-0.2, 0) is 10.3 Å². The van der Waals surface area contributed by atoms with E-state index >= 15 is 0 Å². The molecule has 4 heteroatoms. The van der Waals surface area contributed by atoms with Crippen molar-refractivity contribution in [3.63, 3.8) is 0 Å². The molecule has 0 N–H and O–H groups in total. The molecule has 0 radical (unpaired) electrons. The average molecular weight is 346 g/mol. The second-order valence-corrected chi connectivity index (χ2v) is 6.40. The van der Waals surface area contributed by atoms with Crippen LogP contribution in [0, 0.1) is 0 Å². The highest BCUT2D eigenvalue weighted by Crippen LogP contribution is 2.46. The molecule has 3 nitrogen and oxygen atoms in total. The van der Waals surface area contributed by atoms with Crippen molar-refractivity contribution < 1.29 is 9.53 Å². The highest BCUT2D eigenvalue weighted by molar-refractivity contribution is 9.10. The molecule has 2 aromatic carbocycles. The van der Waals surface area contributed by atoms with Crippen LogP contribution in [0.25, 0.3) is 10.8 Å². The van der Waals surface area contributed by atoms with Crippen molar-refractivity contribution >= 4 is 32.8 Å². The summed E-state index contributed by atoms with van der Waals surface area (Å²) in [6.07, 6.45) is 5.66. The Morgan fingerprint density at radius 2 is 1.95 bits per heavy atom. The molecule has 108 valence electrons. The summed E-state index contributed by atoms with van der Waals surface area (Å²) in [6.45, 7) is 0. The summed E-state index contributed by atoms with van der Waals surface area (Å²) in [6, 6.07) is 10.3. The Labute approximate surface area is 132 Å². The van der Waals surface area contributed by atoms with Crippen LogP contribution >= 0.6 is 15.9 Å². The average Bonchev–Trinajstić information content (AvgIpc) is 2.96. The fraction of sp³-hybridized carbons (Fsp3) is 0.353. The zero-order valence-corrected chi connectivity index (χ0v) is 13.4. The van der Waals surface area contributed by atoms with Gasteiger partial charge in [0, 0.05) is 10.0 Å². The zero-order valence-electron chi connectivity index (χ0n) is 11.9. The van der Waals surface area contributed by atoms with Gasteiger partial charge in [0.05, 0.1) is 7.11 Å². The second-order valence-electron chi connectivity index (χ2n) is 5.49. The number of ether oxygens (including phenoxy) is 1. The lowest BCUT2D eigenvalue weighted by atomic mass is 9.86. The van der Waals surface area contributed by atoms with E-state index in [0.717, 1.165) is 52.2 Å². The van der Waals surface area contributed by atoms with E-state index in [4.69, 9.17) is 4.74 Å². The van der Waals surface area contributed by atoms with E-state index in [0.29, 0.717) is 0 Å². The minimum absolute atomic E-state index is 0.469. The van der Waals surface area contributed by atoms with Crippen LogP contribution in [0.3, 0.4) is 0 Å². The molecule has 0 heterocycles. The summed E-state index contributed by atoms with van der Waals surface area (Å²) < 4.78 is 6.60. The van der Waals surface area contributed by atoms with E-state index in [1.165, 1.54) is 0 Å². The van der Waals surface area contributed by atoms with Gasteiger partial charge in [-0.1, -0.05) is 34.8 Å². The monoisotopic (exact) mass is 345 g/mol. The molecule has 1 aliphatic carbocycles. The van der Waals surface area contributed by atoms with Gasteiger partial charge in [-0.25, -0.2) is 4.79 Å². The van der Waals surface area contributed by atoms with Crippen molar-refractivity contribution in [1.29, 1.82) is 0 Å². The van der Waals surface area contributed by atoms with Crippen LogP contribution in [-0.4, -0.2) is 13.2 Å². The van der Waals surface area contributed by atoms with E-state index < -0.39 is 5.54 Å². The molecular formula is C17H16BrNO2. The van der Waals surface area contributed by atoms with E-state index in [1.54, 1.807) is 13.2 Å².